The highest BCUT2D eigenvalue weighted by Crippen LogP contribution is 2.28. The topological polar surface area (TPSA) is 32.3 Å². The first-order chi connectivity index (χ1) is 7.16. The zero-order valence-corrected chi connectivity index (χ0v) is 10.6. The highest BCUT2D eigenvalue weighted by atomic mass is 32.2. The highest BCUT2D eigenvalue weighted by molar-refractivity contribution is 8.26. The van der Waals surface area contributed by atoms with E-state index < -0.39 is 0 Å². The van der Waals surface area contributed by atoms with Crippen molar-refractivity contribution < 1.29 is 4.79 Å². The quantitative estimate of drug-likeness (QED) is 0.570. The van der Waals surface area contributed by atoms with E-state index in [0.717, 1.165) is 12.3 Å². The van der Waals surface area contributed by atoms with Gasteiger partial charge in [-0.15, -0.1) is 11.8 Å². The van der Waals surface area contributed by atoms with Gasteiger partial charge < -0.3 is 10.2 Å². The molecule has 0 aromatic carbocycles. The van der Waals surface area contributed by atoms with Crippen LogP contribution in [0, 0.1) is 0 Å². The molecule has 0 atom stereocenters. The van der Waals surface area contributed by atoms with Gasteiger partial charge in [0.05, 0.1) is 9.93 Å². The monoisotopic (exact) mass is 258 g/mol. The molecule has 15 heavy (non-hydrogen) atoms. The predicted molar refractivity (Wildman–Crippen MR) is 69.6 cm³/mol. The number of carbonyl (C=O) groups is 1. The van der Waals surface area contributed by atoms with Crippen molar-refractivity contribution in [2.45, 2.75) is 0 Å². The van der Waals surface area contributed by atoms with Gasteiger partial charge in [-0.25, -0.2) is 0 Å². The van der Waals surface area contributed by atoms with Crippen molar-refractivity contribution in [2.75, 3.05) is 19.3 Å². The maximum atomic E-state index is 11.3. The molecule has 3 nitrogen and oxygen atoms in total. The van der Waals surface area contributed by atoms with Crippen molar-refractivity contribution in [3.63, 3.8) is 0 Å². The molecule has 0 saturated carbocycles. The van der Waals surface area contributed by atoms with Crippen molar-refractivity contribution >= 4 is 46.0 Å². The number of amides is 1. The number of nitrogens with zero attached hydrogens (tertiary/aromatic N) is 1. The van der Waals surface area contributed by atoms with E-state index in [9.17, 15) is 4.79 Å². The standard InChI is InChI=1S/C9H10N2OS3/c1-11-4-5-14-7(11)3-2-6-8(12)10-9(13)15-6/h2-3H,4-5H2,1H3,(H,10,12,13). The maximum Gasteiger partial charge on any atom is 0.263 e. The van der Waals surface area contributed by atoms with Crippen LogP contribution in [0.15, 0.2) is 22.1 Å². The van der Waals surface area contributed by atoms with E-state index >= 15 is 0 Å². The van der Waals surface area contributed by atoms with Crippen molar-refractivity contribution in [1.82, 2.24) is 10.2 Å². The van der Waals surface area contributed by atoms with Gasteiger partial charge in [0.1, 0.15) is 4.32 Å². The molecule has 2 rings (SSSR count). The molecule has 2 aliphatic rings. The van der Waals surface area contributed by atoms with Crippen LogP contribution in [0.4, 0.5) is 0 Å². The molecule has 2 saturated heterocycles. The fourth-order valence-electron chi connectivity index (χ4n) is 1.27. The Morgan fingerprint density at radius 2 is 2.33 bits per heavy atom. The molecule has 80 valence electrons. The summed E-state index contributed by atoms with van der Waals surface area (Å²) in [6, 6.07) is 0. The minimum atomic E-state index is -0.0903. The molecule has 1 N–H and O–H groups in total. The van der Waals surface area contributed by atoms with Gasteiger partial charge in [0.15, 0.2) is 0 Å². The van der Waals surface area contributed by atoms with Crippen molar-refractivity contribution in [3.05, 3.63) is 22.1 Å². The van der Waals surface area contributed by atoms with Crippen LogP contribution in [-0.2, 0) is 4.79 Å². The van der Waals surface area contributed by atoms with E-state index in [0.29, 0.717) is 9.23 Å². The predicted octanol–water partition coefficient (Wildman–Crippen LogP) is 1.54. The van der Waals surface area contributed by atoms with Crippen LogP contribution in [0.25, 0.3) is 0 Å². The van der Waals surface area contributed by atoms with Crippen LogP contribution < -0.4 is 5.32 Å². The Labute approximate surface area is 102 Å². The number of allylic oxidation sites excluding steroid dienone is 2. The molecule has 1 amide bonds. The zero-order chi connectivity index (χ0) is 10.8. The van der Waals surface area contributed by atoms with Gasteiger partial charge in [-0.2, -0.15) is 0 Å². The lowest BCUT2D eigenvalue weighted by atomic mass is 10.4. The lowest BCUT2D eigenvalue weighted by Gasteiger charge is -2.09. The summed E-state index contributed by atoms with van der Waals surface area (Å²) in [4.78, 5) is 14.2. The smallest absolute Gasteiger partial charge is 0.263 e. The van der Waals surface area contributed by atoms with Crippen molar-refractivity contribution in [3.8, 4) is 0 Å². The Balaban J connectivity index is 2.11. The van der Waals surface area contributed by atoms with E-state index in [-0.39, 0.29) is 5.91 Å². The minimum absolute atomic E-state index is 0.0903. The molecule has 0 aliphatic carbocycles. The van der Waals surface area contributed by atoms with Gasteiger partial charge in [0.2, 0.25) is 0 Å². The minimum Gasteiger partial charge on any atom is -0.369 e. The number of rotatable bonds is 1. The van der Waals surface area contributed by atoms with Gasteiger partial charge in [0.25, 0.3) is 5.91 Å². The fourth-order valence-corrected chi connectivity index (χ4v) is 3.30. The van der Waals surface area contributed by atoms with E-state index in [1.807, 2.05) is 12.2 Å². The number of hydrogen-bond donors (Lipinski definition) is 1. The molecular weight excluding hydrogens is 248 g/mol. The average Bonchev–Trinajstić information content (AvgIpc) is 2.70. The molecular formula is C9H10N2OS3. The Bertz CT molecular complexity index is 376. The lowest BCUT2D eigenvalue weighted by molar-refractivity contribution is -0.115. The molecule has 2 aliphatic heterocycles. The Hall–Kier alpha value is -0.460. The molecule has 0 aromatic rings. The second-order valence-corrected chi connectivity index (χ2v) is 5.98. The fraction of sp³-hybridized carbons (Fsp3) is 0.333. The number of carbonyl (C=O) groups excluding carboxylic acids is 1. The molecule has 0 unspecified atom stereocenters. The Kier molecular flexibility index (Phi) is 3.38. The summed E-state index contributed by atoms with van der Waals surface area (Å²) in [6.07, 6.45) is 3.82. The highest BCUT2D eigenvalue weighted by Gasteiger charge is 2.21. The van der Waals surface area contributed by atoms with E-state index in [4.69, 9.17) is 12.2 Å². The first-order valence-corrected chi connectivity index (χ1v) is 6.67. The summed E-state index contributed by atoms with van der Waals surface area (Å²) in [7, 11) is 2.05. The molecule has 2 fully saturated rings. The second kappa shape index (κ2) is 4.59. The largest absolute Gasteiger partial charge is 0.369 e. The van der Waals surface area contributed by atoms with Crippen LogP contribution >= 0.6 is 35.7 Å². The number of nitrogens with one attached hydrogen (secondary N) is 1. The number of thiocarbonyl (C=S) groups is 1. The van der Waals surface area contributed by atoms with Gasteiger partial charge in [-0.1, -0.05) is 24.0 Å². The van der Waals surface area contributed by atoms with Crippen LogP contribution in [-0.4, -0.2) is 34.5 Å². The molecule has 0 spiro atoms. The van der Waals surface area contributed by atoms with Crippen molar-refractivity contribution in [1.29, 1.82) is 0 Å². The van der Waals surface area contributed by atoms with Crippen LogP contribution in [0.5, 0.6) is 0 Å². The average molecular weight is 258 g/mol. The molecule has 2 heterocycles. The van der Waals surface area contributed by atoms with E-state index in [1.54, 1.807) is 11.8 Å². The SMILES string of the molecule is CN1CCSC1=CC=C1SC(=S)NC1=O. The summed E-state index contributed by atoms with van der Waals surface area (Å²) < 4.78 is 0.539. The Morgan fingerprint density at radius 3 is 2.87 bits per heavy atom. The van der Waals surface area contributed by atoms with Crippen molar-refractivity contribution in [2.24, 2.45) is 0 Å². The summed E-state index contributed by atoms with van der Waals surface area (Å²) in [5.74, 6) is 1.02. The molecule has 0 radical (unpaired) electrons. The summed E-state index contributed by atoms with van der Waals surface area (Å²) in [6.45, 7) is 1.07. The zero-order valence-electron chi connectivity index (χ0n) is 8.15. The van der Waals surface area contributed by atoms with Crippen LogP contribution in [0.1, 0.15) is 0 Å². The second-order valence-electron chi connectivity index (χ2n) is 3.15. The van der Waals surface area contributed by atoms with Gasteiger partial charge in [-0.3, -0.25) is 4.79 Å². The third-order valence-corrected chi connectivity index (χ3v) is 4.38. The van der Waals surface area contributed by atoms with E-state index in [2.05, 4.69) is 17.3 Å². The van der Waals surface area contributed by atoms with Gasteiger partial charge in [-0.05, 0) is 12.2 Å². The maximum absolute atomic E-state index is 11.3. The van der Waals surface area contributed by atoms with Crippen LogP contribution in [0.2, 0.25) is 0 Å². The number of hydrogen-bond acceptors (Lipinski definition) is 5. The van der Waals surface area contributed by atoms with E-state index in [1.165, 1.54) is 16.8 Å². The molecule has 0 bridgehead atoms. The lowest BCUT2D eigenvalue weighted by Crippen LogP contribution is -2.17. The molecule has 0 aromatic heterocycles. The summed E-state index contributed by atoms with van der Waals surface area (Å²) in [5, 5.41) is 3.79. The number of thioether (sulfide) groups is 2. The first-order valence-electron chi connectivity index (χ1n) is 4.46. The third-order valence-electron chi connectivity index (χ3n) is 2.07. The summed E-state index contributed by atoms with van der Waals surface area (Å²) >= 11 is 8.02. The summed E-state index contributed by atoms with van der Waals surface area (Å²) in [5.41, 5.74) is 0. The van der Waals surface area contributed by atoms with Gasteiger partial charge in [0, 0.05) is 19.3 Å². The van der Waals surface area contributed by atoms with Gasteiger partial charge >= 0.3 is 0 Å². The van der Waals surface area contributed by atoms with Crippen LogP contribution in [0.3, 0.4) is 0 Å². The Morgan fingerprint density at radius 1 is 1.53 bits per heavy atom. The normalized spacial score (nSPS) is 26.9. The third kappa shape index (κ3) is 2.56. The first kappa shape index (κ1) is 11.0. The molecule has 6 heteroatoms.